The number of aromatic nitrogens is 4. The molecular formula is C32H24N4O9S3Zn. The molecule has 17 heteroatoms. The summed E-state index contributed by atoms with van der Waals surface area (Å²) in [6.45, 7) is 0. The van der Waals surface area contributed by atoms with E-state index in [1.165, 1.54) is 0 Å². The van der Waals surface area contributed by atoms with Gasteiger partial charge in [-0.25, -0.2) is 9.97 Å². The van der Waals surface area contributed by atoms with Crippen molar-refractivity contribution in [2.45, 2.75) is 14.7 Å². The predicted octanol–water partition coefficient (Wildman–Crippen LogP) is 4.12. The fraction of sp³-hybridized carbons (Fsp3) is 0. The topological polar surface area (TPSA) is 220 Å². The monoisotopic (exact) mass is 768 g/mol. The molecule has 13 nitrogen and oxygen atoms in total. The van der Waals surface area contributed by atoms with E-state index >= 15 is 0 Å². The number of rotatable bonds is 5. The van der Waals surface area contributed by atoms with Crippen LogP contribution in [-0.4, -0.2) is 58.8 Å². The molecule has 246 valence electrons. The molecule has 0 spiro atoms. The van der Waals surface area contributed by atoms with Gasteiger partial charge in [0, 0.05) is 22.1 Å². The van der Waals surface area contributed by atoms with E-state index in [1.807, 2.05) is 48.6 Å². The Bertz CT molecular complexity index is 2500. The van der Waals surface area contributed by atoms with Crippen molar-refractivity contribution >= 4 is 85.0 Å². The molecule has 7 rings (SSSR count). The van der Waals surface area contributed by atoms with Crippen molar-refractivity contribution in [3.05, 3.63) is 114 Å². The van der Waals surface area contributed by atoms with E-state index in [9.17, 15) is 34.4 Å². The number of aromatic amines is 2. The van der Waals surface area contributed by atoms with Crippen LogP contribution in [0.4, 0.5) is 0 Å². The average Bonchev–Trinajstić information content (AvgIpc) is 3.83. The SMILES string of the molecule is C1=Cc2cc3ccc(cc4nc(cc5ccc(cc1n2)[nH]5)C=C4)[nH]3.O=S(=O)(O)c1cc[c]([Zn][c]2ccccc2)c(S(=O)(=O)O)c1S(=O)(=O)O. The van der Waals surface area contributed by atoms with E-state index < -0.39 is 62.2 Å². The van der Waals surface area contributed by atoms with Gasteiger partial charge in [-0.3, -0.25) is 0 Å². The molecular weight excluding hydrogens is 746 g/mol. The van der Waals surface area contributed by atoms with Gasteiger partial charge >= 0.3 is 152 Å². The number of H-pyrrole nitrogens is 2. The summed E-state index contributed by atoms with van der Waals surface area (Å²) in [5.74, 6) is 0. The fourth-order valence-electron chi connectivity index (χ4n) is 5.21. The second-order valence-electron chi connectivity index (χ2n) is 10.9. The summed E-state index contributed by atoms with van der Waals surface area (Å²) < 4.78 is 97.9. The van der Waals surface area contributed by atoms with E-state index in [-0.39, 0.29) is 4.16 Å². The van der Waals surface area contributed by atoms with Gasteiger partial charge in [0.15, 0.2) is 0 Å². The molecule has 0 fully saturated rings. The van der Waals surface area contributed by atoms with Gasteiger partial charge < -0.3 is 9.97 Å². The molecule has 8 bridgehead atoms. The molecule has 5 N–H and O–H groups in total. The van der Waals surface area contributed by atoms with Gasteiger partial charge in [-0.15, -0.1) is 0 Å². The first-order valence-corrected chi connectivity index (χ1v) is 21.6. The van der Waals surface area contributed by atoms with Crippen LogP contribution < -0.4 is 8.32 Å². The summed E-state index contributed by atoms with van der Waals surface area (Å²) in [5.41, 5.74) is 7.86. The molecule has 5 aromatic rings. The van der Waals surface area contributed by atoms with E-state index in [0.29, 0.717) is 10.2 Å². The Morgan fingerprint density at radius 2 is 0.898 bits per heavy atom. The van der Waals surface area contributed by atoms with Gasteiger partial charge in [-0.1, -0.05) is 0 Å². The van der Waals surface area contributed by atoms with Gasteiger partial charge in [0.05, 0.1) is 22.8 Å². The second-order valence-corrected chi connectivity index (χ2v) is 19.0. The van der Waals surface area contributed by atoms with E-state index in [2.05, 4.69) is 44.2 Å². The molecule has 0 amide bonds. The Labute approximate surface area is 288 Å². The van der Waals surface area contributed by atoms with Crippen LogP contribution in [0, 0.1) is 0 Å². The molecule has 0 atom stereocenters. The molecule has 0 saturated carbocycles. The first-order chi connectivity index (χ1) is 23.1. The van der Waals surface area contributed by atoms with E-state index in [1.54, 1.807) is 30.3 Å². The number of nitrogens with zero attached hydrogens (tertiary/aromatic N) is 2. The van der Waals surface area contributed by atoms with Crippen molar-refractivity contribution in [3.63, 3.8) is 0 Å². The van der Waals surface area contributed by atoms with Crippen LogP contribution in [0.25, 0.3) is 46.4 Å². The fourth-order valence-corrected chi connectivity index (χ4v) is 13.5. The van der Waals surface area contributed by atoms with Gasteiger partial charge in [0.1, 0.15) is 0 Å². The van der Waals surface area contributed by atoms with Gasteiger partial charge in [0.2, 0.25) is 0 Å². The molecule has 5 heterocycles. The third-order valence-corrected chi connectivity index (χ3v) is 14.7. The van der Waals surface area contributed by atoms with Gasteiger partial charge in [-0.05, 0) is 72.8 Å². The van der Waals surface area contributed by atoms with Gasteiger partial charge in [0.25, 0.3) is 0 Å². The molecule has 0 saturated heterocycles. The Balaban J connectivity index is 0.000000170. The zero-order chi connectivity index (χ0) is 35.0. The molecule has 2 aliphatic rings. The minimum atomic E-state index is -5.39. The summed E-state index contributed by atoms with van der Waals surface area (Å²) in [5, 5.41) is 0. The quantitative estimate of drug-likeness (QED) is 0.124. The standard InChI is InChI=1S/C20H14N4.C6H5O9S3.C6H5.Zn/c1-2-14-10-16-5-6-18(23-16)12-20-8-7-19(24-20)11-17-4-3-15(22-17)9-13(1)21-14;7-16(8,9)4-2-1-3-5(17(10,11)12)6(4)18(13,14)15;1-2-4-6-5-3-1;/h1-12,21,24H;1-2H,(H,7,8,9)(H,10,11,12)(H,13,14,15);1-5H;. The molecule has 2 aliphatic heterocycles. The zero-order valence-corrected chi connectivity index (χ0v) is 30.5. The third-order valence-electron chi connectivity index (χ3n) is 7.23. The van der Waals surface area contributed by atoms with Crippen molar-refractivity contribution < 1.29 is 56.0 Å². The van der Waals surface area contributed by atoms with Crippen molar-refractivity contribution in [1.29, 1.82) is 0 Å². The first kappa shape index (κ1) is 34.3. The van der Waals surface area contributed by atoms with Crippen molar-refractivity contribution in [3.8, 4) is 0 Å². The van der Waals surface area contributed by atoms with Crippen molar-refractivity contribution in [2.24, 2.45) is 0 Å². The van der Waals surface area contributed by atoms with Crippen LogP contribution in [-0.2, 0) is 47.5 Å². The minimum absolute atomic E-state index is 0.0961. The van der Waals surface area contributed by atoms with Crippen LogP contribution in [0.15, 0.2) is 106 Å². The zero-order valence-electron chi connectivity index (χ0n) is 25.1. The van der Waals surface area contributed by atoms with Crippen molar-refractivity contribution in [1.82, 2.24) is 19.9 Å². The first-order valence-electron chi connectivity index (χ1n) is 14.3. The van der Waals surface area contributed by atoms with E-state index in [4.69, 9.17) is 4.55 Å². The number of benzene rings is 2. The normalized spacial score (nSPS) is 12.6. The van der Waals surface area contributed by atoms with Crippen LogP contribution in [0.5, 0.6) is 0 Å². The molecule has 0 aliphatic carbocycles. The Morgan fingerprint density at radius 1 is 0.490 bits per heavy atom. The molecule has 0 radical (unpaired) electrons. The summed E-state index contributed by atoms with van der Waals surface area (Å²) >= 11 is -2.19. The van der Waals surface area contributed by atoms with Crippen LogP contribution >= 0.6 is 0 Å². The number of fused-ring (bicyclic) bond motifs is 8. The summed E-state index contributed by atoms with van der Waals surface area (Å²) in [4.78, 5) is 11.9. The van der Waals surface area contributed by atoms with E-state index in [0.717, 1.165) is 50.9 Å². The van der Waals surface area contributed by atoms with Crippen LogP contribution in [0.3, 0.4) is 0 Å². The molecule has 49 heavy (non-hydrogen) atoms. The molecule has 2 aromatic carbocycles. The summed E-state index contributed by atoms with van der Waals surface area (Å²) in [6.07, 6.45) is 8.09. The predicted molar refractivity (Wildman–Crippen MR) is 180 cm³/mol. The van der Waals surface area contributed by atoms with Crippen molar-refractivity contribution in [2.75, 3.05) is 0 Å². The number of hydrogen-bond acceptors (Lipinski definition) is 8. The maximum atomic E-state index is 11.7. The maximum absolute atomic E-state index is 11.7. The summed E-state index contributed by atoms with van der Waals surface area (Å²) in [6, 6.07) is 26.4. The third kappa shape index (κ3) is 8.34. The average molecular weight is 770 g/mol. The van der Waals surface area contributed by atoms with Gasteiger partial charge in [-0.2, -0.15) is 0 Å². The molecule has 3 aromatic heterocycles. The Morgan fingerprint density at radius 3 is 1.27 bits per heavy atom. The summed E-state index contributed by atoms with van der Waals surface area (Å²) in [7, 11) is -15.8. The Hall–Kier alpha value is -4.61. The number of hydrogen-bond donors (Lipinski definition) is 5. The second kappa shape index (κ2) is 13.4. The number of nitrogens with one attached hydrogen (secondary N) is 2. The molecule has 0 unspecified atom stereocenters. The Kier molecular flexibility index (Phi) is 9.34. The van der Waals surface area contributed by atoms with Crippen LogP contribution in [0.1, 0.15) is 22.8 Å². The van der Waals surface area contributed by atoms with Crippen LogP contribution in [0.2, 0.25) is 0 Å².